The summed E-state index contributed by atoms with van der Waals surface area (Å²) in [6.07, 6.45) is 0. The number of para-hydroxylation sites is 1. The van der Waals surface area contributed by atoms with Gasteiger partial charge in [0, 0.05) is 0 Å². The summed E-state index contributed by atoms with van der Waals surface area (Å²) >= 11 is 2.67. The van der Waals surface area contributed by atoms with Crippen molar-refractivity contribution in [3.8, 4) is 11.4 Å². The molecule has 0 saturated heterocycles. The van der Waals surface area contributed by atoms with Gasteiger partial charge in [-0.05, 0) is 47.7 Å². The Morgan fingerprint density at radius 3 is 2.93 bits per heavy atom. The normalized spacial score (nSPS) is 10.9. The molecule has 0 aliphatic rings. The molecule has 10 heteroatoms. The molecule has 0 saturated carbocycles. The van der Waals surface area contributed by atoms with E-state index in [1.165, 1.54) is 23.1 Å². The Bertz CT molecular complexity index is 1100. The first-order valence-electron chi connectivity index (χ1n) is 8.53. The number of tetrazole rings is 1. The number of hydrogen-bond acceptors (Lipinski definition) is 8. The van der Waals surface area contributed by atoms with Crippen molar-refractivity contribution in [3.63, 3.8) is 0 Å². The van der Waals surface area contributed by atoms with Gasteiger partial charge in [-0.3, -0.25) is 4.79 Å². The molecule has 4 aromatic rings. The summed E-state index contributed by atoms with van der Waals surface area (Å²) in [5, 5.41) is 15.6. The predicted molar refractivity (Wildman–Crippen MR) is 109 cm³/mol. The van der Waals surface area contributed by atoms with Gasteiger partial charge in [-0.1, -0.05) is 41.3 Å². The van der Waals surface area contributed by atoms with Crippen LogP contribution in [0.3, 0.4) is 0 Å². The predicted octanol–water partition coefficient (Wildman–Crippen LogP) is 3.40. The number of nitrogens with one attached hydrogen (secondary N) is 1. The van der Waals surface area contributed by atoms with Crippen LogP contribution in [0.4, 0.5) is 5.13 Å². The molecule has 0 radical (unpaired) electrons. The molecule has 1 N–H and O–H groups in total. The molecule has 2 heterocycles. The maximum atomic E-state index is 12.3. The Kier molecular flexibility index (Phi) is 5.49. The number of carbonyl (C=O) groups is 1. The molecule has 4 rings (SSSR count). The number of nitrogens with zero attached hydrogens (tertiary/aromatic N) is 5. The Hall–Kier alpha value is -2.98. The van der Waals surface area contributed by atoms with Crippen LogP contribution in [-0.4, -0.2) is 43.5 Å². The molecule has 2 aromatic heterocycles. The standard InChI is InChI=1S/C18H16N6O2S2/c1-2-26-13-8-9-14-15(10-13)28-17(19-14)20-16(25)11-27-18-21-22-23-24(18)12-6-4-3-5-7-12/h3-10H,2,11H2,1H3,(H,19,20,25). The number of anilines is 1. The lowest BCUT2D eigenvalue weighted by Gasteiger charge is -2.03. The minimum atomic E-state index is -0.170. The van der Waals surface area contributed by atoms with Crippen LogP contribution in [0.1, 0.15) is 6.92 Å². The molecule has 0 atom stereocenters. The number of hydrogen-bond donors (Lipinski definition) is 1. The summed E-state index contributed by atoms with van der Waals surface area (Å²) < 4.78 is 8.06. The van der Waals surface area contributed by atoms with Gasteiger partial charge in [0.25, 0.3) is 0 Å². The fraction of sp³-hybridized carbons (Fsp3) is 0.167. The number of amides is 1. The van der Waals surface area contributed by atoms with Gasteiger partial charge < -0.3 is 10.1 Å². The minimum Gasteiger partial charge on any atom is -0.494 e. The molecule has 0 spiro atoms. The highest BCUT2D eigenvalue weighted by Gasteiger charge is 2.13. The third-order valence-corrected chi connectivity index (χ3v) is 5.54. The highest BCUT2D eigenvalue weighted by Crippen LogP contribution is 2.29. The summed E-state index contributed by atoms with van der Waals surface area (Å²) in [6, 6.07) is 15.2. The average molecular weight is 413 g/mol. The van der Waals surface area contributed by atoms with Crippen LogP contribution in [-0.2, 0) is 4.79 Å². The van der Waals surface area contributed by atoms with Crippen molar-refractivity contribution < 1.29 is 9.53 Å². The van der Waals surface area contributed by atoms with Crippen LogP contribution in [0.5, 0.6) is 5.75 Å². The first kappa shape index (κ1) is 18.4. The zero-order valence-electron chi connectivity index (χ0n) is 14.9. The van der Waals surface area contributed by atoms with E-state index in [4.69, 9.17) is 4.74 Å². The van der Waals surface area contributed by atoms with Gasteiger partial charge in [-0.25, -0.2) is 4.98 Å². The van der Waals surface area contributed by atoms with Gasteiger partial charge in [-0.15, -0.1) is 5.10 Å². The number of thiazole rings is 1. The van der Waals surface area contributed by atoms with E-state index in [2.05, 4.69) is 25.8 Å². The lowest BCUT2D eigenvalue weighted by Crippen LogP contribution is -2.14. The smallest absolute Gasteiger partial charge is 0.236 e. The molecule has 0 aliphatic carbocycles. The molecule has 8 nitrogen and oxygen atoms in total. The summed E-state index contributed by atoms with van der Waals surface area (Å²) in [5.74, 6) is 0.796. The molecule has 142 valence electrons. The SMILES string of the molecule is CCOc1ccc2nc(NC(=O)CSc3nnnn3-c3ccccc3)sc2c1. The van der Waals surface area contributed by atoms with Crippen molar-refractivity contribution in [1.29, 1.82) is 0 Å². The van der Waals surface area contributed by atoms with Gasteiger partial charge in [0.1, 0.15) is 5.75 Å². The van der Waals surface area contributed by atoms with Crippen LogP contribution in [0.2, 0.25) is 0 Å². The largest absolute Gasteiger partial charge is 0.494 e. The third-order valence-electron chi connectivity index (χ3n) is 3.69. The van der Waals surface area contributed by atoms with Gasteiger partial charge in [0.2, 0.25) is 11.1 Å². The van der Waals surface area contributed by atoms with Crippen LogP contribution in [0, 0.1) is 0 Å². The lowest BCUT2D eigenvalue weighted by molar-refractivity contribution is -0.113. The van der Waals surface area contributed by atoms with E-state index in [1.54, 1.807) is 4.68 Å². The monoisotopic (exact) mass is 412 g/mol. The zero-order chi connectivity index (χ0) is 19.3. The van der Waals surface area contributed by atoms with Gasteiger partial charge in [0.15, 0.2) is 5.13 Å². The zero-order valence-corrected chi connectivity index (χ0v) is 16.5. The topological polar surface area (TPSA) is 94.8 Å². The highest BCUT2D eigenvalue weighted by molar-refractivity contribution is 7.99. The number of fused-ring (bicyclic) bond motifs is 1. The van der Waals surface area contributed by atoms with Gasteiger partial charge >= 0.3 is 0 Å². The third kappa shape index (κ3) is 4.12. The van der Waals surface area contributed by atoms with Gasteiger partial charge in [-0.2, -0.15) is 4.68 Å². The van der Waals surface area contributed by atoms with Crippen molar-refractivity contribution in [2.24, 2.45) is 0 Å². The molecule has 0 aliphatic heterocycles. The second-order valence-corrected chi connectivity index (χ2v) is 7.60. The van der Waals surface area contributed by atoms with E-state index in [0.717, 1.165) is 21.7 Å². The first-order valence-corrected chi connectivity index (χ1v) is 10.3. The Balaban J connectivity index is 1.40. The van der Waals surface area contributed by atoms with Crippen molar-refractivity contribution in [3.05, 3.63) is 48.5 Å². The van der Waals surface area contributed by atoms with Crippen molar-refractivity contribution in [2.75, 3.05) is 17.7 Å². The first-order chi connectivity index (χ1) is 13.7. The molecule has 0 unspecified atom stereocenters. The molecular weight excluding hydrogens is 396 g/mol. The second-order valence-electron chi connectivity index (χ2n) is 5.63. The second kappa shape index (κ2) is 8.36. The quantitative estimate of drug-likeness (QED) is 0.465. The molecule has 2 aromatic carbocycles. The van der Waals surface area contributed by atoms with Crippen LogP contribution < -0.4 is 10.1 Å². The van der Waals surface area contributed by atoms with Crippen molar-refractivity contribution in [1.82, 2.24) is 25.2 Å². The molecular formula is C18H16N6O2S2. The van der Waals surface area contributed by atoms with E-state index in [0.29, 0.717) is 16.9 Å². The average Bonchev–Trinajstić information content (AvgIpc) is 3.33. The summed E-state index contributed by atoms with van der Waals surface area (Å²) in [6.45, 7) is 2.54. The van der Waals surface area contributed by atoms with Gasteiger partial charge in [0.05, 0.1) is 28.3 Å². The highest BCUT2D eigenvalue weighted by atomic mass is 32.2. The van der Waals surface area contributed by atoms with E-state index < -0.39 is 0 Å². The number of rotatable bonds is 7. The summed E-state index contributed by atoms with van der Waals surface area (Å²) in [7, 11) is 0. The number of thioether (sulfide) groups is 1. The van der Waals surface area contributed by atoms with E-state index in [1.807, 2.05) is 55.5 Å². The Morgan fingerprint density at radius 1 is 1.25 bits per heavy atom. The number of carbonyl (C=O) groups excluding carboxylic acids is 1. The van der Waals surface area contributed by atoms with Crippen LogP contribution in [0.15, 0.2) is 53.7 Å². The Morgan fingerprint density at radius 2 is 2.11 bits per heavy atom. The Labute approximate surface area is 168 Å². The fourth-order valence-electron chi connectivity index (χ4n) is 2.50. The van der Waals surface area contributed by atoms with E-state index in [9.17, 15) is 4.79 Å². The van der Waals surface area contributed by atoms with E-state index >= 15 is 0 Å². The summed E-state index contributed by atoms with van der Waals surface area (Å²) in [5.41, 5.74) is 1.66. The maximum absolute atomic E-state index is 12.3. The molecule has 28 heavy (non-hydrogen) atoms. The number of aromatic nitrogens is 5. The number of benzene rings is 2. The molecule has 0 fully saturated rings. The fourth-order valence-corrected chi connectivity index (χ4v) is 4.10. The molecule has 0 bridgehead atoms. The molecule has 1 amide bonds. The minimum absolute atomic E-state index is 0.170. The summed E-state index contributed by atoms with van der Waals surface area (Å²) in [4.78, 5) is 16.8. The van der Waals surface area contributed by atoms with Crippen molar-refractivity contribution >= 4 is 44.4 Å². The van der Waals surface area contributed by atoms with Crippen LogP contribution in [0.25, 0.3) is 15.9 Å². The lowest BCUT2D eigenvalue weighted by atomic mass is 10.3. The van der Waals surface area contributed by atoms with E-state index in [-0.39, 0.29) is 11.7 Å². The van der Waals surface area contributed by atoms with Crippen molar-refractivity contribution in [2.45, 2.75) is 12.1 Å². The number of ether oxygens (including phenoxy) is 1. The van der Waals surface area contributed by atoms with Crippen LogP contribution >= 0.6 is 23.1 Å². The maximum Gasteiger partial charge on any atom is 0.236 e.